The minimum absolute atomic E-state index is 0.00470. The number of benzene rings is 1. The molecule has 0 amide bonds. The molecule has 3 heterocycles. The van der Waals surface area contributed by atoms with E-state index < -0.39 is 129 Å². The van der Waals surface area contributed by atoms with E-state index in [9.17, 15) is 42.9 Å². The van der Waals surface area contributed by atoms with Crippen LogP contribution in [0.2, 0.25) is 0 Å². The summed E-state index contributed by atoms with van der Waals surface area (Å²) in [6.07, 6.45) is -11.3. The van der Waals surface area contributed by atoms with E-state index >= 15 is 0 Å². The molecule has 1 aromatic carbocycles. The molecule has 0 bridgehead atoms. The van der Waals surface area contributed by atoms with Gasteiger partial charge in [-0.15, -0.1) is 0 Å². The molecule has 4 rings (SSSR count). The SMILES string of the molecule is CC[C@H]1OC(=O)[C@H](C)[C@@H](O[C@H]2C[C@@](C)(OC)[C@@H](O)[C@H](C)O2)[C@H](C)[C@@H](O[C@@H]2O[C@H](C)C[C@H](NS(=O)(=O)c3ccccc3)[C@H]2O)[C@](C)(O)C[C@@H](C)C(=O)O[C@]1(C)C(=O)C(C)=O. The fourth-order valence-electron chi connectivity index (χ4n) is 8.47. The zero-order valence-electron chi connectivity index (χ0n) is 35.8. The largest absolute Gasteiger partial charge is 0.457 e. The summed E-state index contributed by atoms with van der Waals surface area (Å²) in [5.41, 5.74) is -5.42. The standard InChI is InChI=1S/C41H63NO16S/c1-12-29-41(10,33(45)25(6)43)58-36(47)21(2)19-39(8,49)35(57-38-31(44)28(18-22(3)53-38)42-59(50,51)27-16-14-13-15-17-27)23(4)32(24(5)37(48)55-29)56-30-20-40(9,52-11)34(46)26(7)54-30/h13-17,21-24,26,28-32,34-35,38,42,44,46,49H,12,18-20H2,1-11H3/t21-,22-,23+,24-,26+,28+,29-,30+,31-,32+,34+,35-,38+,39-,40-,41+/m1/s1. The summed E-state index contributed by atoms with van der Waals surface area (Å²) < 4.78 is 71.9. The fourth-order valence-corrected chi connectivity index (χ4v) is 9.76. The summed E-state index contributed by atoms with van der Waals surface area (Å²) in [6, 6.07) is 6.49. The van der Waals surface area contributed by atoms with Crippen LogP contribution in [0.25, 0.3) is 0 Å². The zero-order valence-corrected chi connectivity index (χ0v) is 36.6. The second kappa shape index (κ2) is 19.0. The summed E-state index contributed by atoms with van der Waals surface area (Å²) >= 11 is 0. The highest BCUT2D eigenvalue weighted by Crippen LogP contribution is 2.40. The lowest BCUT2D eigenvalue weighted by Crippen LogP contribution is -2.61. The van der Waals surface area contributed by atoms with Crippen molar-refractivity contribution in [1.29, 1.82) is 0 Å². The molecule has 18 heteroatoms. The Kier molecular flexibility index (Phi) is 15.7. The molecule has 59 heavy (non-hydrogen) atoms. The maximum atomic E-state index is 14.3. The molecule has 0 spiro atoms. The first kappa shape index (κ1) is 48.8. The van der Waals surface area contributed by atoms with Crippen LogP contribution in [0.15, 0.2) is 35.2 Å². The van der Waals surface area contributed by atoms with Crippen LogP contribution in [-0.4, -0.2) is 133 Å². The Bertz CT molecular complexity index is 1760. The lowest BCUT2D eigenvalue weighted by molar-refractivity contribution is -0.315. The molecule has 3 aliphatic heterocycles. The Hall–Kier alpha value is -2.91. The number of nitrogens with one attached hydrogen (secondary N) is 1. The molecule has 3 fully saturated rings. The van der Waals surface area contributed by atoms with Gasteiger partial charge in [0.25, 0.3) is 0 Å². The summed E-state index contributed by atoms with van der Waals surface area (Å²) in [5, 5.41) is 35.1. The minimum atomic E-state index is -4.12. The molecular formula is C41H63NO16S. The molecular weight excluding hydrogens is 795 g/mol. The van der Waals surface area contributed by atoms with Gasteiger partial charge in [-0.3, -0.25) is 19.2 Å². The van der Waals surface area contributed by atoms with Gasteiger partial charge < -0.3 is 48.5 Å². The van der Waals surface area contributed by atoms with E-state index in [0.717, 1.165) is 6.92 Å². The average molecular weight is 858 g/mol. The van der Waals surface area contributed by atoms with Gasteiger partial charge in [-0.1, -0.05) is 39.0 Å². The van der Waals surface area contributed by atoms with E-state index in [4.69, 9.17) is 33.2 Å². The van der Waals surface area contributed by atoms with E-state index in [-0.39, 0.29) is 30.6 Å². The Morgan fingerprint density at radius 1 is 0.949 bits per heavy atom. The normalized spacial score (nSPS) is 41.7. The summed E-state index contributed by atoms with van der Waals surface area (Å²) in [5.74, 6) is -7.40. The smallest absolute Gasteiger partial charge is 0.311 e. The Balaban J connectivity index is 1.82. The number of aliphatic hydroxyl groups excluding tert-OH is 2. The number of hydrogen-bond acceptors (Lipinski definition) is 16. The molecule has 0 radical (unpaired) electrons. The van der Waals surface area contributed by atoms with E-state index in [2.05, 4.69) is 4.72 Å². The van der Waals surface area contributed by atoms with Crippen LogP contribution >= 0.6 is 0 Å². The zero-order chi connectivity index (χ0) is 44.4. The number of carbonyl (C=O) groups is 4. The van der Waals surface area contributed by atoms with E-state index in [0.29, 0.717) is 0 Å². The first-order valence-corrected chi connectivity index (χ1v) is 21.6. The molecule has 17 nitrogen and oxygen atoms in total. The Morgan fingerprint density at radius 2 is 1.58 bits per heavy atom. The highest BCUT2D eigenvalue weighted by atomic mass is 32.2. The van der Waals surface area contributed by atoms with Gasteiger partial charge in [0.1, 0.15) is 18.3 Å². The topological polar surface area (TPSA) is 240 Å². The van der Waals surface area contributed by atoms with Crippen molar-refractivity contribution in [2.45, 2.75) is 178 Å². The molecule has 4 N–H and O–H groups in total. The van der Waals surface area contributed by atoms with Crippen molar-refractivity contribution >= 4 is 33.5 Å². The Labute approximate surface area is 346 Å². The second-order valence-electron chi connectivity index (χ2n) is 17.0. The number of methoxy groups -OCH3 is 1. The van der Waals surface area contributed by atoms with Gasteiger partial charge >= 0.3 is 11.9 Å². The lowest BCUT2D eigenvalue weighted by atomic mass is 9.77. The van der Waals surface area contributed by atoms with Crippen LogP contribution in [0.5, 0.6) is 0 Å². The number of ether oxygens (including phenoxy) is 7. The molecule has 1 aromatic rings. The molecule has 16 atom stereocenters. The van der Waals surface area contributed by atoms with Crippen molar-refractivity contribution in [3.8, 4) is 0 Å². The third kappa shape index (κ3) is 10.8. The number of aliphatic hydroxyl groups is 3. The van der Waals surface area contributed by atoms with Crippen LogP contribution < -0.4 is 4.72 Å². The van der Waals surface area contributed by atoms with Crippen LogP contribution in [0.4, 0.5) is 0 Å². The minimum Gasteiger partial charge on any atom is -0.457 e. The van der Waals surface area contributed by atoms with Crippen molar-refractivity contribution in [1.82, 2.24) is 4.72 Å². The summed E-state index contributed by atoms with van der Waals surface area (Å²) in [6.45, 7) is 14.7. The second-order valence-corrected chi connectivity index (χ2v) is 18.7. The number of ketones is 2. The first-order valence-electron chi connectivity index (χ1n) is 20.1. The number of hydrogen-bond donors (Lipinski definition) is 4. The molecule has 3 saturated heterocycles. The van der Waals surface area contributed by atoms with Crippen LogP contribution in [0, 0.1) is 17.8 Å². The fraction of sp³-hybridized carbons (Fsp3) is 0.756. The molecule has 0 saturated carbocycles. The number of sulfonamides is 1. The Morgan fingerprint density at radius 3 is 2.15 bits per heavy atom. The molecule has 0 aliphatic carbocycles. The van der Waals surface area contributed by atoms with Gasteiger partial charge in [-0.05, 0) is 72.9 Å². The van der Waals surface area contributed by atoms with Crippen molar-refractivity contribution in [2.75, 3.05) is 7.11 Å². The maximum absolute atomic E-state index is 14.3. The summed E-state index contributed by atoms with van der Waals surface area (Å²) in [7, 11) is -2.69. The average Bonchev–Trinajstić information content (AvgIpc) is 3.17. The summed E-state index contributed by atoms with van der Waals surface area (Å²) in [4.78, 5) is 54.0. The molecule has 3 aliphatic rings. The molecule has 0 aromatic heterocycles. The van der Waals surface area contributed by atoms with Gasteiger partial charge in [0.15, 0.2) is 18.4 Å². The van der Waals surface area contributed by atoms with E-state index in [1.807, 2.05) is 0 Å². The first-order chi connectivity index (χ1) is 27.3. The quantitative estimate of drug-likeness (QED) is 0.185. The lowest BCUT2D eigenvalue weighted by Gasteiger charge is -2.48. The number of cyclic esters (lactones) is 2. The monoisotopic (exact) mass is 857 g/mol. The van der Waals surface area contributed by atoms with E-state index in [1.165, 1.54) is 46.9 Å². The highest BCUT2D eigenvalue weighted by Gasteiger charge is 2.54. The van der Waals surface area contributed by atoms with Gasteiger partial charge in [-0.2, -0.15) is 0 Å². The highest BCUT2D eigenvalue weighted by molar-refractivity contribution is 7.89. The van der Waals surface area contributed by atoms with Crippen LogP contribution in [0.1, 0.15) is 94.9 Å². The van der Waals surface area contributed by atoms with E-state index in [1.54, 1.807) is 52.8 Å². The van der Waals surface area contributed by atoms with Crippen molar-refractivity contribution in [2.24, 2.45) is 17.8 Å². The van der Waals surface area contributed by atoms with Crippen molar-refractivity contribution in [3.63, 3.8) is 0 Å². The van der Waals surface area contributed by atoms with Gasteiger partial charge in [0, 0.05) is 26.4 Å². The van der Waals surface area contributed by atoms with Gasteiger partial charge in [-0.25, -0.2) is 13.1 Å². The number of rotatable bonds is 11. The predicted molar refractivity (Wildman–Crippen MR) is 209 cm³/mol. The van der Waals surface area contributed by atoms with Crippen molar-refractivity contribution in [3.05, 3.63) is 30.3 Å². The molecule has 334 valence electrons. The van der Waals surface area contributed by atoms with Gasteiger partial charge in [0.2, 0.25) is 21.4 Å². The van der Waals surface area contributed by atoms with Crippen LogP contribution in [0.3, 0.4) is 0 Å². The van der Waals surface area contributed by atoms with Gasteiger partial charge in [0.05, 0.1) is 58.4 Å². The maximum Gasteiger partial charge on any atom is 0.311 e. The van der Waals surface area contributed by atoms with Crippen LogP contribution in [-0.2, 0) is 62.4 Å². The molecule has 0 unspecified atom stereocenters. The third-order valence-electron chi connectivity index (χ3n) is 12.0. The van der Waals surface area contributed by atoms with Crippen molar-refractivity contribution < 1.29 is 76.1 Å². The third-order valence-corrected chi connectivity index (χ3v) is 13.5. The number of esters is 2. The number of carbonyl (C=O) groups excluding carboxylic acids is 4. The number of Topliss-reactive ketones (excluding diaryl/α,β-unsaturated/α-hetero) is 2. The predicted octanol–water partition coefficient (Wildman–Crippen LogP) is 2.35.